The van der Waals surface area contributed by atoms with Crippen molar-refractivity contribution in [1.29, 1.82) is 5.26 Å². The van der Waals surface area contributed by atoms with E-state index in [-0.39, 0.29) is 5.69 Å². The van der Waals surface area contributed by atoms with Crippen molar-refractivity contribution in [3.8, 4) is 28.6 Å². The van der Waals surface area contributed by atoms with E-state index in [1.807, 2.05) is 11.4 Å². The van der Waals surface area contributed by atoms with Gasteiger partial charge in [0.15, 0.2) is 0 Å². The van der Waals surface area contributed by atoms with E-state index in [9.17, 15) is 15.4 Å². The summed E-state index contributed by atoms with van der Waals surface area (Å²) >= 11 is 1.35. The van der Waals surface area contributed by atoms with Crippen molar-refractivity contribution >= 4 is 28.8 Å². The van der Waals surface area contributed by atoms with Crippen LogP contribution >= 0.6 is 11.3 Å². The summed E-state index contributed by atoms with van der Waals surface area (Å²) in [5.41, 5.74) is 2.79. The molecule has 4 heterocycles. The van der Waals surface area contributed by atoms with Crippen molar-refractivity contribution in [1.82, 2.24) is 24.9 Å². The van der Waals surface area contributed by atoms with E-state index in [0.717, 1.165) is 16.8 Å². The summed E-state index contributed by atoms with van der Waals surface area (Å²) in [6.45, 7) is 0.976. The van der Waals surface area contributed by atoms with Crippen LogP contribution in [0.15, 0.2) is 48.5 Å². The number of nitriles is 1. The van der Waals surface area contributed by atoms with Crippen LogP contribution in [0, 0.1) is 21.4 Å². The van der Waals surface area contributed by atoms with Gasteiger partial charge in [-0.1, -0.05) is 0 Å². The minimum atomic E-state index is -0.495. The Bertz CT molecular complexity index is 1230. The van der Waals surface area contributed by atoms with Crippen LogP contribution in [0.4, 0.5) is 17.5 Å². The zero-order chi connectivity index (χ0) is 21.6. The van der Waals surface area contributed by atoms with Crippen molar-refractivity contribution in [3.05, 3.63) is 63.5 Å². The van der Waals surface area contributed by atoms with Crippen molar-refractivity contribution in [2.24, 2.45) is 0 Å². The lowest BCUT2D eigenvalue weighted by Crippen LogP contribution is -2.16. The van der Waals surface area contributed by atoms with Gasteiger partial charge in [-0.05, 0) is 17.5 Å². The quantitative estimate of drug-likeness (QED) is 0.215. The van der Waals surface area contributed by atoms with Crippen LogP contribution in [0.3, 0.4) is 0 Å². The number of rotatable bonds is 8. The number of H-pyrrole nitrogens is 1. The van der Waals surface area contributed by atoms with E-state index in [1.54, 1.807) is 24.8 Å². The van der Waals surface area contributed by atoms with Gasteiger partial charge in [-0.2, -0.15) is 5.26 Å². The normalized spacial score (nSPS) is 10.4. The Morgan fingerprint density at radius 3 is 2.71 bits per heavy atom. The second-order valence-electron chi connectivity index (χ2n) is 6.21. The molecule has 0 aliphatic heterocycles. The third-order valence-electron chi connectivity index (χ3n) is 4.27. The number of nitro groups is 1. The van der Waals surface area contributed by atoms with Crippen LogP contribution in [0.25, 0.3) is 22.5 Å². The van der Waals surface area contributed by atoms with Gasteiger partial charge in [-0.25, -0.2) is 19.9 Å². The monoisotopic (exact) mass is 433 g/mol. The summed E-state index contributed by atoms with van der Waals surface area (Å²) < 4.78 is 0. The third kappa shape index (κ3) is 4.46. The fraction of sp³-hybridized carbons (Fsp3) is 0.105. The molecule has 0 bridgehead atoms. The van der Waals surface area contributed by atoms with Crippen molar-refractivity contribution in [2.75, 3.05) is 23.7 Å². The Balaban J connectivity index is 1.47. The first kappa shape index (κ1) is 19.9. The van der Waals surface area contributed by atoms with Gasteiger partial charge < -0.3 is 15.6 Å². The Labute approximate surface area is 180 Å². The van der Waals surface area contributed by atoms with Crippen LogP contribution in [-0.2, 0) is 0 Å². The number of aromatic amines is 1. The van der Waals surface area contributed by atoms with Gasteiger partial charge in [0.05, 0.1) is 28.8 Å². The van der Waals surface area contributed by atoms with Gasteiger partial charge in [0.25, 0.3) is 5.69 Å². The molecule has 4 aromatic heterocycles. The standard InChI is InChI=1S/C19H15N9O2S/c20-7-16-13(3-6-31-16)18-14(15-10-21-11-26-15)9-25-19(27-18)23-5-4-22-17-2-1-12(8-24-17)28(29)30/h1-3,6,8-11H,4-5H2,(H,21,26)(H,22,24)(H,23,25,27). The molecule has 0 aliphatic rings. The SMILES string of the molecule is N#Cc1sccc1-c1nc(NCCNc2ccc([N+](=O)[O-])cn2)ncc1-c1cnc[nH]1. The molecular weight excluding hydrogens is 418 g/mol. The number of aromatic nitrogens is 5. The Hall–Kier alpha value is -4.37. The molecule has 0 radical (unpaired) electrons. The fourth-order valence-electron chi connectivity index (χ4n) is 2.82. The molecular formula is C19H15N9O2S. The first-order valence-corrected chi connectivity index (χ1v) is 9.95. The van der Waals surface area contributed by atoms with E-state index in [1.165, 1.54) is 23.6 Å². The van der Waals surface area contributed by atoms with Crippen LogP contribution in [-0.4, -0.2) is 42.9 Å². The molecule has 11 nitrogen and oxygen atoms in total. The maximum atomic E-state index is 10.7. The molecule has 0 atom stereocenters. The molecule has 0 saturated carbocycles. The van der Waals surface area contributed by atoms with Crippen LogP contribution < -0.4 is 10.6 Å². The lowest BCUT2D eigenvalue weighted by molar-refractivity contribution is -0.385. The number of thiophene rings is 1. The lowest BCUT2D eigenvalue weighted by Gasteiger charge is -2.11. The van der Waals surface area contributed by atoms with Gasteiger partial charge in [0.2, 0.25) is 5.95 Å². The summed E-state index contributed by atoms with van der Waals surface area (Å²) in [6.07, 6.45) is 6.13. The maximum absolute atomic E-state index is 10.7. The number of hydrogen-bond donors (Lipinski definition) is 3. The smallest absolute Gasteiger partial charge is 0.287 e. The number of hydrogen-bond acceptors (Lipinski definition) is 10. The van der Waals surface area contributed by atoms with Crippen molar-refractivity contribution in [2.45, 2.75) is 0 Å². The molecule has 0 spiro atoms. The average Bonchev–Trinajstić information content (AvgIpc) is 3.49. The minimum absolute atomic E-state index is 0.0628. The number of imidazole rings is 1. The van der Waals surface area contributed by atoms with E-state index in [2.05, 4.69) is 41.6 Å². The molecule has 0 amide bonds. The fourth-order valence-corrected chi connectivity index (χ4v) is 3.50. The molecule has 4 aromatic rings. The topological polar surface area (TPSA) is 158 Å². The molecule has 12 heteroatoms. The highest BCUT2D eigenvalue weighted by atomic mass is 32.1. The van der Waals surface area contributed by atoms with Crippen molar-refractivity contribution in [3.63, 3.8) is 0 Å². The second kappa shape index (κ2) is 8.97. The van der Waals surface area contributed by atoms with Gasteiger partial charge in [0, 0.05) is 36.5 Å². The first-order chi connectivity index (χ1) is 15.2. The number of nitrogens with zero attached hydrogens (tertiary/aromatic N) is 6. The summed E-state index contributed by atoms with van der Waals surface area (Å²) in [5, 5.41) is 28.1. The van der Waals surface area contributed by atoms with E-state index >= 15 is 0 Å². The molecule has 0 fully saturated rings. The molecule has 3 N–H and O–H groups in total. The van der Waals surface area contributed by atoms with Crippen LogP contribution in [0.2, 0.25) is 0 Å². The maximum Gasteiger partial charge on any atom is 0.287 e. The molecule has 154 valence electrons. The predicted octanol–water partition coefficient (Wildman–Crippen LogP) is 3.29. The largest absolute Gasteiger partial charge is 0.368 e. The molecule has 0 aromatic carbocycles. The summed E-state index contributed by atoms with van der Waals surface area (Å²) in [6, 6.07) is 6.99. The predicted molar refractivity (Wildman–Crippen MR) is 116 cm³/mol. The Morgan fingerprint density at radius 2 is 2.00 bits per heavy atom. The molecule has 0 saturated heterocycles. The summed E-state index contributed by atoms with van der Waals surface area (Å²) in [4.78, 5) is 30.8. The average molecular weight is 433 g/mol. The highest BCUT2D eigenvalue weighted by molar-refractivity contribution is 7.11. The van der Waals surface area contributed by atoms with E-state index < -0.39 is 4.92 Å². The minimum Gasteiger partial charge on any atom is -0.368 e. The lowest BCUT2D eigenvalue weighted by atomic mass is 10.1. The summed E-state index contributed by atoms with van der Waals surface area (Å²) in [5.74, 6) is 0.937. The zero-order valence-electron chi connectivity index (χ0n) is 15.9. The Kier molecular flexibility index (Phi) is 5.77. The van der Waals surface area contributed by atoms with Gasteiger partial charge in [-0.3, -0.25) is 10.1 Å². The zero-order valence-corrected chi connectivity index (χ0v) is 16.8. The second-order valence-corrected chi connectivity index (χ2v) is 7.12. The van der Waals surface area contributed by atoms with E-state index in [4.69, 9.17) is 0 Å². The Morgan fingerprint density at radius 1 is 1.13 bits per heavy atom. The van der Waals surface area contributed by atoms with Crippen LogP contribution in [0.5, 0.6) is 0 Å². The van der Waals surface area contributed by atoms with Gasteiger partial charge in [0.1, 0.15) is 23.0 Å². The van der Waals surface area contributed by atoms with Crippen LogP contribution in [0.1, 0.15) is 4.88 Å². The summed E-state index contributed by atoms with van der Waals surface area (Å²) in [7, 11) is 0. The van der Waals surface area contributed by atoms with Gasteiger partial charge >= 0.3 is 0 Å². The number of pyridine rings is 1. The molecule has 0 unspecified atom stereocenters. The number of anilines is 2. The van der Waals surface area contributed by atoms with E-state index in [0.29, 0.717) is 35.4 Å². The third-order valence-corrected chi connectivity index (χ3v) is 5.09. The van der Waals surface area contributed by atoms with Crippen molar-refractivity contribution < 1.29 is 4.92 Å². The molecule has 4 rings (SSSR count). The molecule has 31 heavy (non-hydrogen) atoms. The first-order valence-electron chi connectivity index (χ1n) is 9.07. The number of nitrogens with one attached hydrogen (secondary N) is 3. The van der Waals surface area contributed by atoms with Gasteiger partial charge in [-0.15, -0.1) is 11.3 Å². The highest BCUT2D eigenvalue weighted by Gasteiger charge is 2.16. The highest BCUT2D eigenvalue weighted by Crippen LogP contribution is 2.33. The molecule has 0 aliphatic carbocycles.